The number of carbonyl (C=O) groups excluding carboxylic acids is 1. The minimum atomic E-state index is -0.0237. The Labute approximate surface area is 168 Å². The number of thiophene rings is 1. The van der Waals surface area contributed by atoms with Gasteiger partial charge in [0.15, 0.2) is 0 Å². The number of carbonyl (C=O) groups is 1. The number of nitrogens with zero attached hydrogens (tertiary/aromatic N) is 3. The van der Waals surface area contributed by atoms with Gasteiger partial charge in [-0.05, 0) is 28.0 Å². The van der Waals surface area contributed by atoms with Crippen molar-refractivity contribution >= 4 is 17.2 Å². The maximum absolute atomic E-state index is 13.2. The predicted octanol–water partition coefficient (Wildman–Crippen LogP) is 4.93. The molecule has 0 spiro atoms. The van der Waals surface area contributed by atoms with E-state index in [2.05, 4.69) is 17.5 Å². The molecule has 0 bridgehead atoms. The fourth-order valence-electron chi connectivity index (χ4n) is 3.17. The fraction of sp³-hybridized carbons (Fsp3) is 0.130. The van der Waals surface area contributed by atoms with Gasteiger partial charge in [-0.15, -0.1) is 0 Å². The summed E-state index contributed by atoms with van der Waals surface area (Å²) in [5.41, 5.74) is 4.58. The SMILES string of the molecule is CN(Cc1ccsc1)C(=O)c1cn(Cc2ccccc2)nc1-c1ccccc1. The molecule has 140 valence electrons. The van der Waals surface area contributed by atoms with E-state index in [9.17, 15) is 4.79 Å². The van der Waals surface area contributed by atoms with Gasteiger partial charge in [0.25, 0.3) is 5.91 Å². The van der Waals surface area contributed by atoms with Crippen molar-refractivity contribution in [1.29, 1.82) is 0 Å². The van der Waals surface area contributed by atoms with E-state index in [0.29, 0.717) is 18.7 Å². The molecule has 4 nitrogen and oxygen atoms in total. The molecule has 0 N–H and O–H groups in total. The third kappa shape index (κ3) is 4.05. The van der Waals surface area contributed by atoms with Crippen molar-refractivity contribution in [1.82, 2.24) is 14.7 Å². The van der Waals surface area contributed by atoms with Crippen LogP contribution in [0.2, 0.25) is 0 Å². The summed E-state index contributed by atoms with van der Waals surface area (Å²) in [6, 6.07) is 22.1. The van der Waals surface area contributed by atoms with Crippen LogP contribution in [0.3, 0.4) is 0 Å². The van der Waals surface area contributed by atoms with Gasteiger partial charge >= 0.3 is 0 Å². The molecule has 0 fully saturated rings. The molecule has 28 heavy (non-hydrogen) atoms. The number of hydrogen-bond acceptors (Lipinski definition) is 3. The highest BCUT2D eigenvalue weighted by atomic mass is 32.1. The average Bonchev–Trinajstić information content (AvgIpc) is 3.39. The van der Waals surface area contributed by atoms with E-state index in [1.165, 1.54) is 0 Å². The van der Waals surface area contributed by atoms with E-state index < -0.39 is 0 Å². The molecule has 0 aliphatic rings. The van der Waals surface area contributed by atoms with Crippen molar-refractivity contribution in [2.45, 2.75) is 13.1 Å². The largest absolute Gasteiger partial charge is 0.337 e. The van der Waals surface area contributed by atoms with Gasteiger partial charge in [-0.1, -0.05) is 60.7 Å². The van der Waals surface area contributed by atoms with Crippen molar-refractivity contribution in [2.24, 2.45) is 0 Å². The molecule has 0 unspecified atom stereocenters. The van der Waals surface area contributed by atoms with Crippen LogP contribution in [0, 0.1) is 0 Å². The van der Waals surface area contributed by atoms with Gasteiger partial charge in [-0.3, -0.25) is 9.48 Å². The van der Waals surface area contributed by atoms with E-state index in [1.54, 1.807) is 16.2 Å². The van der Waals surface area contributed by atoms with E-state index in [4.69, 9.17) is 5.10 Å². The molecule has 0 aliphatic carbocycles. The van der Waals surface area contributed by atoms with Gasteiger partial charge in [-0.2, -0.15) is 16.4 Å². The lowest BCUT2D eigenvalue weighted by atomic mass is 10.1. The summed E-state index contributed by atoms with van der Waals surface area (Å²) in [6.45, 7) is 1.21. The fourth-order valence-corrected chi connectivity index (χ4v) is 3.83. The van der Waals surface area contributed by atoms with Crippen LogP contribution < -0.4 is 0 Å². The molecule has 4 aromatic rings. The molecule has 0 atom stereocenters. The maximum Gasteiger partial charge on any atom is 0.257 e. The Morgan fingerprint density at radius 1 is 1.00 bits per heavy atom. The van der Waals surface area contributed by atoms with E-state index in [0.717, 1.165) is 22.4 Å². The summed E-state index contributed by atoms with van der Waals surface area (Å²) in [7, 11) is 1.84. The number of aromatic nitrogens is 2. The predicted molar refractivity (Wildman–Crippen MR) is 113 cm³/mol. The molecule has 2 aromatic carbocycles. The lowest BCUT2D eigenvalue weighted by Gasteiger charge is -2.16. The molecule has 0 aliphatic heterocycles. The second kappa shape index (κ2) is 8.23. The minimum absolute atomic E-state index is 0.0237. The van der Waals surface area contributed by atoms with Crippen molar-refractivity contribution in [3.63, 3.8) is 0 Å². The molecule has 4 rings (SSSR count). The van der Waals surface area contributed by atoms with Gasteiger partial charge in [0.05, 0.1) is 12.1 Å². The Hall–Kier alpha value is -3.18. The highest BCUT2D eigenvalue weighted by Crippen LogP contribution is 2.24. The molecule has 5 heteroatoms. The van der Waals surface area contributed by atoms with Crippen LogP contribution >= 0.6 is 11.3 Å². The summed E-state index contributed by atoms with van der Waals surface area (Å²) in [4.78, 5) is 15.0. The van der Waals surface area contributed by atoms with Crippen molar-refractivity contribution in [3.05, 3.63) is 100 Å². The summed E-state index contributed by atoms with van der Waals surface area (Å²) in [5.74, 6) is -0.0237. The highest BCUT2D eigenvalue weighted by Gasteiger charge is 2.21. The standard InChI is InChI=1S/C23H21N3OS/c1-25(14-19-12-13-28-17-19)23(27)21-16-26(15-18-8-4-2-5-9-18)24-22(21)20-10-6-3-7-11-20/h2-13,16-17H,14-15H2,1H3. The second-order valence-electron chi connectivity index (χ2n) is 6.73. The smallest absolute Gasteiger partial charge is 0.257 e. The van der Waals surface area contributed by atoms with E-state index in [1.807, 2.05) is 77.9 Å². The van der Waals surface area contributed by atoms with Gasteiger partial charge in [-0.25, -0.2) is 0 Å². The topological polar surface area (TPSA) is 38.1 Å². The van der Waals surface area contributed by atoms with E-state index in [-0.39, 0.29) is 5.91 Å². The Kier molecular flexibility index (Phi) is 5.35. The third-order valence-electron chi connectivity index (χ3n) is 4.57. The van der Waals surface area contributed by atoms with Crippen LogP contribution in [0.1, 0.15) is 21.5 Å². The van der Waals surface area contributed by atoms with Crippen LogP contribution in [0.15, 0.2) is 83.7 Å². The monoisotopic (exact) mass is 387 g/mol. The summed E-state index contributed by atoms with van der Waals surface area (Å²) < 4.78 is 1.85. The van der Waals surface area contributed by atoms with Gasteiger partial charge in [0, 0.05) is 25.4 Å². The van der Waals surface area contributed by atoms with Crippen LogP contribution in [0.4, 0.5) is 0 Å². The van der Waals surface area contributed by atoms with Crippen molar-refractivity contribution < 1.29 is 4.79 Å². The minimum Gasteiger partial charge on any atom is -0.337 e. The van der Waals surface area contributed by atoms with Gasteiger partial charge < -0.3 is 4.90 Å². The molecule has 2 aromatic heterocycles. The van der Waals surface area contributed by atoms with Crippen LogP contribution in [-0.2, 0) is 13.1 Å². The number of rotatable bonds is 6. The van der Waals surface area contributed by atoms with Crippen LogP contribution in [-0.4, -0.2) is 27.6 Å². The lowest BCUT2D eigenvalue weighted by molar-refractivity contribution is 0.0786. The van der Waals surface area contributed by atoms with E-state index >= 15 is 0 Å². The highest BCUT2D eigenvalue weighted by molar-refractivity contribution is 7.07. The maximum atomic E-state index is 13.2. The Balaban J connectivity index is 1.66. The molecular formula is C23H21N3OS. The van der Waals surface area contributed by atoms with Crippen LogP contribution in [0.25, 0.3) is 11.3 Å². The van der Waals surface area contributed by atoms with Crippen LogP contribution in [0.5, 0.6) is 0 Å². The van der Waals surface area contributed by atoms with Crippen molar-refractivity contribution in [2.75, 3.05) is 7.05 Å². The first-order valence-corrected chi connectivity index (χ1v) is 10.1. The van der Waals surface area contributed by atoms with Crippen molar-refractivity contribution in [3.8, 4) is 11.3 Å². The zero-order valence-electron chi connectivity index (χ0n) is 15.7. The Morgan fingerprint density at radius 2 is 1.71 bits per heavy atom. The quantitative estimate of drug-likeness (QED) is 0.470. The molecule has 0 saturated carbocycles. The number of amides is 1. The number of benzene rings is 2. The molecule has 2 heterocycles. The zero-order valence-corrected chi connectivity index (χ0v) is 16.5. The Bertz CT molecular complexity index is 1040. The first-order chi connectivity index (χ1) is 13.7. The lowest BCUT2D eigenvalue weighted by Crippen LogP contribution is -2.26. The number of hydrogen-bond donors (Lipinski definition) is 0. The molecule has 1 amide bonds. The first-order valence-electron chi connectivity index (χ1n) is 9.14. The summed E-state index contributed by atoms with van der Waals surface area (Å²) >= 11 is 1.64. The molecular weight excluding hydrogens is 366 g/mol. The molecule has 0 radical (unpaired) electrons. The normalized spacial score (nSPS) is 10.8. The summed E-state index contributed by atoms with van der Waals surface area (Å²) in [5, 5.41) is 8.85. The average molecular weight is 388 g/mol. The second-order valence-corrected chi connectivity index (χ2v) is 7.51. The Morgan fingerprint density at radius 3 is 2.39 bits per heavy atom. The zero-order chi connectivity index (χ0) is 19.3. The van der Waals surface area contributed by atoms with Gasteiger partial charge in [0.2, 0.25) is 0 Å². The van der Waals surface area contributed by atoms with Gasteiger partial charge in [0.1, 0.15) is 5.69 Å². The molecule has 0 saturated heterocycles. The third-order valence-corrected chi connectivity index (χ3v) is 5.31. The first kappa shape index (κ1) is 18.2. The summed E-state index contributed by atoms with van der Waals surface area (Å²) in [6.07, 6.45) is 1.86.